The van der Waals surface area contributed by atoms with Crippen molar-refractivity contribution in [3.8, 4) is 31.5 Å². The Balaban J connectivity index is 1.39. The highest BCUT2D eigenvalue weighted by atomic mass is 79.9. The summed E-state index contributed by atoms with van der Waals surface area (Å²) in [5, 5.41) is 1.85. The van der Waals surface area contributed by atoms with E-state index < -0.39 is 0 Å². The Morgan fingerprint density at radius 3 is 1.09 bits per heavy atom. The summed E-state index contributed by atoms with van der Waals surface area (Å²) >= 11 is 13.7. The van der Waals surface area contributed by atoms with Crippen molar-refractivity contribution >= 4 is 86.9 Å². The van der Waals surface area contributed by atoms with Crippen molar-refractivity contribution in [1.29, 1.82) is 0 Å². The number of aromatic nitrogens is 4. The third kappa shape index (κ3) is 16.3. The maximum Gasteiger partial charge on any atom is 0.236 e. The number of hydrogen-bond donors (Lipinski definition) is 0. The second-order valence-electron chi connectivity index (χ2n) is 15.0. The van der Waals surface area contributed by atoms with Gasteiger partial charge in [-0.1, -0.05) is 179 Å². The van der Waals surface area contributed by atoms with Crippen LogP contribution in [0.5, 0.6) is 11.8 Å². The molecule has 0 aliphatic rings. The van der Waals surface area contributed by atoms with Crippen molar-refractivity contribution in [2.75, 3.05) is 13.2 Å². The molecule has 4 aromatic heterocycles. The molecule has 54 heavy (non-hydrogen) atoms. The van der Waals surface area contributed by atoms with Gasteiger partial charge in [0.15, 0.2) is 17.5 Å². The van der Waals surface area contributed by atoms with Crippen LogP contribution in [0.4, 0.5) is 0 Å². The number of hydrogen-bond acceptors (Lipinski definition) is 10. The van der Waals surface area contributed by atoms with E-state index in [9.17, 15) is 0 Å². The number of fused-ring (bicyclic) bond motifs is 1. The SMILES string of the molecule is CCCCCCCCC(CCCCCC)COc1nc(Br)sc1-c1nc2sc(-c3sc(Br)nc3OCC(CCCCCC)CCCCCCCC)nc2s1. The Labute approximate surface area is 359 Å². The van der Waals surface area contributed by atoms with Crippen LogP contribution in [0.2, 0.25) is 0 Å². The zero-order valence-corrected chi connectivity index (χ0v) is 40.0. The number of unbranched alkanes of at least 4 members (excludes halogenated alkanes) is 16. The van der Waals surface area contributed by atoms with Crippen LogP contribution in [0.3, 0.4) is 0 Å². The molecule has 0 aliphatic carbocycles. The summed E-state index contributed by atoms with van der Waals surface area (Å²) in [6, 6.07) is 0. The summed E-state index contributed by atoms with van der Waals surface area (Å²) in [6.07, 6.45) is 31.3. The van der Waals surface area contributed by atoms with E-state index in [0.29, 0.717) is 36.8 Å². The van der Waals surface area contributed by atoms with Crippen LogP contribution in [0.1, 0.15) is 182 Å². The molecule has 2 unspecified atom stereocenters. The van der Waals surface area contributed by atoms with Crippen LogP contribution in [0, 0.1) is 11.8 Å². The second-order valence-corrected chi connectivity index (χ2v) is 21.5. The quantitative estimate of drug-likeness (QED) is 0.0454. The van der Waals surface area contributed by atoms with Crippen molar-refractivity contribution in [1.82, 2.24) is 19.9 Å². The lowest BCUT2D eigenvalue weighted by atomic mass is 9.95. The lowest BCUT2D eigenvalue weighted by molar-refractivity contribution is 0.219. The molecule has 4 heterocycles. The van der Waals surface area contributed by atoms with Gasteiger partial charge in [0.25, 0.3) is 0 Å². The molecular weight excluding hydrogens is 881 g/mol. The molecule has 4 aromatic rings. The molecule has 304 valence electrons. The van der Waals surface area contributed by atoms with E-state index in [1.807, 2.05) is 0 Å². The number of rotatable bonds is 32. The van der Waals surface area contributed by atoms with Gasteiger partial charge >= 0.3 is 0 Å². The number of thiazole rings is 4. The lowest BCUT2D eigenvalue weighted by Crippen LogP contribution is -2.13. The molecule has 0 fully saturated rings. The number of halogens is 2. The second kappa shape index (κ2) is 27.1. The summed E-state index contributed by atoms with van der Waals surface area (Å²) in [4.78, 5) is 23.5. The van der Waals surface area contributed by atoms with E-state index in [4.69, 9.17) is 29.4 Å². The van der Waals surface area contributed by atoms with E-state index in [1.165, 1.54) is 154 Å². The zero-order valence-electron chi connectivity index (χ0n) is 33.5. The molecule has 12 heteroatoms. The maximum atomic E-state index is 6.53. The highest BCUT2D eigenvalue weighted by molar-refractivity contribution is 9.11. The van der Waals surface area contributed by atoms with Gasteiger partial charge in [-0.05, 0) is 69.4 Å². The maximum absolute atomic E-state index is 6.53. The molecule has 0 N–H and O–H groups in total. The Morgan fingerprint density at radius 2 is 0.741 bits per heavy atom. The first kappa shape index (κ1) is 46.0. The summed E-state index contributed by atoms with van der Waals surface area (Å²) in [7, 11) is 0. The fraction of sp³-hybridized carbons (Fsp3) is 0.762. The van der Waals surface area contributed by atoms with Gasteiger partial charge in [-0.3, -0.25) is 0 Å². The van der Waals surface area contributed by atoms with Crippen LogP contribution in [-0.4, -0.2) is 33.1 Å². The van der Waals surface area contributed by atoms with E-state index in [2.05, 4.69) is 59.6 Å². The van der Waals surface area contributed by atoms with E-state index in [0.717, 1.165) is 37.3 Å². The van der Waals surface area contributed by atoms with Crippen molar-refractivity contribution in [3.63, 3.8) is 0 Å². The standard InChI is InChI=1S/C42H66Br2N4O2S4/c1-5-9-13-17-19-23-27-31(25-21-15-11-7-3)29-49-35-33(51-41(43)45-35)37-47-39-40(53-37)48-38(54-39)34-36(46-42(44)52-34)50-30-32(26-22-16-12-8-4)28-24-20-18-14-10-6-2/h31-32H,5-30H2,1-4H3. The normalized spacial score (nSPS) is 12.9. The predicted octanol–water partition coefficient (Wildman–Crippen LogP) is 17.0. The Bertz CT molecular complexity index is 1430. The molecule has 0 amide bonds. The largest absolute Gasteiger partial charge is 0.476 e. The van der Waals surface area contributed by atoms with Crippen LogP contribution in [0.15, 0.2) is 7.83 Å². The van der Waals surface area contributed by atoms with Gasteiger partial charge in [0.1, 0.15) is 19.8 Å². The molecule has 0 spiro atoms. The average molecular weight is 947 g/mol. The molecule has 2 atom stereocenters. The highest BCUT2D eigenvalue weighted by Gasteiger charge is 2.24. The van der Waals surface area contributed by atoms with Gasteiger partial charge in [0.2, 0.25) is 11.8 Å². The van der Waals surface area contributed by atoms with Crippen LogP contribution >= 0.6 is 77.2 Å². The molecule has 0 aliphatic heterocycles. The van der Waals surface area contributed by atoms with Gasteiger partial charge in [-0.2, -0.15) is 9.97 Å². The fourth-order valence-corrected chi connectivity index (χ4v) is 12.0. The van der Waals surface area contributed by atoms with Crippen molar-refractivity contribution in [2.45, 2.75) is 182 Å². The topological polar surface area (TPSA) is 70.0 Å². The molecule has 4 rings (SSSR count). The van der Waals surface area contributed by atoms with E-state index >= 15 is 0 Å². The average Bonchev–Trinajstić information content (AvgIpc) is 3.94. The lowest BCUT2D eigenvalue weighted by Gasteiger charge is -2.17. The predicted molar refractivity (Wildman–Crippen MR) is 244 cm³/mol. The Hall–Kier alpha value is -0.660. The molecule has 0 bridgehead atoms. The minimum absolute atomic E-state index is 0.562. The smallest absolute Gasteiger partial charge is 0.236 e. The van der Waals surface area contributed by atoms with Crippen LogP contribution < -0.4 is 9.47 Å². The zero-order chi connectivity index (χ0) is 38.4. The molecular formula is C42H66Br2N4O2S4. The Kier molecular flexibility index (Phi) is 23.1. The van der Waals surface area contributed by atoms with Crippen LogP contribution in [-0.2, 0) is 0 Å². The van der Waals surface area contributed by atoms with Crippen molar-refractivity contribution < 1.29 is 9.47 Å². The van der Waals surface area contributed by atoms with Crippen molar-refractivity contribution in [2.24, 2.45) is 11.8 Å². The van der Waals surface area contributed by atoms with Gasteiger partial charge in [0.05, 0.1) is 13.2 Å². The molecule has 0 radical (unpaired) electrons. The van der Waals surface area contributed by atoms with Gasteiger partial charge in [-0.15, -0.1) is 22.7 Å². The Morgan fingerprint density at radius 1 is 0.426 bits per heavy atom. The summed E-state index contributed by atoms with van der Waals surface area (Å²) < 4.78 is 14.7. The number of ether oxygens (including phenoxy) is 2. The van der Waals surface area contributed by atoms with E-state index in [1.54, 1.807) is 45.3 Å². The minimum Gasteiger partial charge on any atom is -0.476 e. The first-order valence-corrected chi connectivity index (χ1v) is 26.2. The summed E-state index contributed by atoms with van der Waals surface area (Å²) in [5.74, 6) is 2.52. The third-order valence-electron chi connectivity index (χ3n) is 10.3. The van der Waals surface area contributed by atoms with Crippen LogP contribution in [0.25, 0.3) is 29.4 Å². The molecule has 0 saturated heterocycles. The van der Waals surface area contributed by atoms with Gasteiger partial charge in [-0.25, -0.2) is 9.97 Å². The van der Waals surface area contributed by atoms with Gasteiger partial charge < -0.3 is 9.47 Å². The highest BCUT2D eigenvalue weighted by Crippen LogP contribution is 2.46. The summed E-state index contributed by atoms with van der Waals surface area (Å²) in [5.41, 5.74) is 0. The minimum atomic E-state index is 0.562. The molecule has 0 aromatic carbocycles. The monoisotopic (exact) mass is 944 g/mol. The van der Waals surface area contributed by atoms with E-state index in [-0.39, 0.29) is 0 Å². The van der Waals surface area contributed by atoms with Crippen molar-refractivity contribution in [3.05, 3.63) is 7.83 Å². The fourth-order valence-electron chi connectivity index (χ4n) is 7.03. The van der Waals surface area contributed by atoms with Gasteiger partial charge in [0, 0.05) is 0 Å². The first-order chi connectivity index (χ1) is 26.4. The molecule has 0 saturated carbocycles. The first-order valence-electron chi connectivity index (χ1n) is 21.3. The number of nitrogens with zero attached hydrogens (tertiary/aromatic N) is 4. The molecule has 6 nitrogen and oxygen atoms in total. The summed E-state index contributed by atoms with van der Waals surface area (Å²) in [6.45, 7) is 10.6. The third-order valence-corrected chi connectivity index (χ3v) is 15.6.